The molecule has 0 amide bonds. The van der Waals surface area contributed by atoms with E-state index in [-0.39, 0.29) is 6.04 Å². The molecule has 0 fully saturated rings. The predicted molar refractivity (Wildman–Crippen MR) is 67.8 cm³/mol. The van der Waals surface area contributed by atoms with E-state index in [4.69, 9.17) is 10.2 Å². The van der Waals surface area contributed by atoms with Crippen molar-refractivity contribution in [1.82, 2.24) is 0 Å². The maximum atomic E-state index is 6.17. The fourth-order valence-electron chi connectivity index (χ4n) is 1.93. The standard InChI is InChI=1S/C13H17NOS/c1-9-8-12(10(2)15-9)13(14)6-5-11-4-3-7-16-11/h3-4,7-8,13H,5-6,14H2,1-2H3. The molecule has 3 heteroatoms. The van der Waals surface area contributed by atoms with Crippen LogP contribution in [0.15, 0.2) is 28.0 Å². The fraction of sp³-hybridized carbons (Fsp3) is 0.385. The van der Waals surface area contributed by atoms with Gasteiger partial charge in [-0.1, -0.05) is 6.07 Å². The van der Waals surface area contributed by atoms with Gasteiger partial charge >= 0.3 is 0 Å². The Morgan fingerprint density at radius 1 is 1.44 bits per heavy atom. The van der Waals surface area contributed by atoms with E-state index in [1.807, 2.05) is 13.8 Å². The van der Waals surface area contributed by atoms with Gasteiger partial charge in [-0.2, -0.15) is 0 Å². The van der Waals surface area contributed by atoms with Crippen LogP contribution in [0.25, 0.3) is 0 Å². The number of hydrogen-bond donors (Lipinski definition) is 1. The lowest BCUT2D eigenvalue weighted by Gasteiger charge is -2.09. The quantitative estimate of drug-likeness (QED) is 0.879. The molecule has 0 bridgehead atoms. The molecule has 0 aliphatic carbocycles. The van der Waals surface area contributed by atoms with E-state index in [0.717, 1.165) is 29.9 Å². The average molecular weight is 235 g/mol. The van der Waals surface area contributed by atoms with Crippen molar-refractivity contribution in [3.8, 4) is 0 Å². The van der Waals surface area contributed by atoms with E-state index in [9.17, 15) is 0 Å². The minimum atomic E-state index is 0.0829. The normalized spacial score (nSPS) is 12.9. The van der Waals surface area contributed by atoms with Crippen LogP contribution >= 0.6 is 11.3 Å². The van der Waals surface area contributed by atoms with E-state index >= 15 is 0 Å². The summed E-state index contributed by atoms with van der Waals surface area (Å²) in [6.45, 7) is 3.94. The van der Waals surface area contributed by atoms with Crippen LogP contribution in [0.2, 0.25) is 0 Å². The maximum Gasteiger partial charge on any atom is 0.105 e. The summed E-state index contributed by atoms with van der Waals surface area (Å²) >= 11 is 1.79. The zero-order valence-corrected chi connectivity index (χ0v) is 10.5. The van der Waals surface area contributed by atoms with Crippen molar-refractivity contribution in [3.63, 3.8) is 0 Å². The molecule has 1 unspecified atom stereocenters. The molecule has 2 rings (SSSR count). The highest BCUT2D eigenvalue weighted by Crippen LogP contribution is 2.24. The third-order valence-corrected chi connectivity index (χ3v) is 3.70. The highest BCUT2D eigenvalue weighted by molar-refractivity contribution is 7.09. The third kappa shape index (κ3) is 2.54. The van der Waals surface area contributed by atoms with Gasteiger partial charge in [0.25, 0.3) is 0 Å². The Bertz CT molecular complexity index is 444. The number of nitrogens with two attached hydrogens (primary N) is 1. The molecular formula is C13H17NOS. The Kier molecular flexibility index (Phi) is 3.46. The molecule has 0 saturated heterocycles. The molecule has 0 saturated carbocycles. The smallest absolute Gasteiger partial charge is 0.105 e. The minimum Gasteiger partial charge on any atom is -0.466 e. The molecule has 2 heterocycles. The Morgan fingerprint density at radius 3 is 2.81 bits per heavy atom. The zero-order valence-electron chi connectivity index (χ0n) is 9.69. The maximum absolute atomic E-state index is 6.17. The first-order valence-electron chi connectivity index (χ1n) is 5.51. The number of hydrogen-bond acceptors (Lipinski definition) is 3. The molecule has 16 heavy (non-hydrogen) atoms. The van der Waals surface area contributed by atoms with Crippen LogP contribution in [0, 0.1) is 13.8 Å². The van der Waals surface area contributed by atoms with Crippen molar-refractivity contribution < 1.29 is 4.42 Å². The lowest BCUT2D eigenvalue weighted by atomic mass is 10.0. The largest absolute Gasteiger partial charge is 0.466 e. The van der Waals surface area contributed by atoms with Gasteiger partial charge in [0.1, 0.15) is 11.5 Å². The lowest BCUT2D eigenvalue weighted by molar-refractivity contribution is 0.495. The molecule has 0 radical (unpaired) electrons. The second kappa shape index (κ2) is 4.85. The monoisotopic (exact) mass is 235 g/mol. The molecular weight excluding hydrogens is 218 g/mol. The Labute approximate surface area is 100 Å². The van der Waals surface area contributed by atoms with E-state index in [1.54, 1.807) is 11.3 Å². The highest BCUT2D eigenvalue weighted by atomic mass is 32.1. The van der Waals surface area contributed by atoms with Gasteiger partial charge in [-0.15, -0.1) is 11.3 Å². The van der Waals surface area contributed by atoms with Gasteiger partial charge in [-0.25, -0.2) is 0 Å². The third-order valence-electron chi connectivity index (χ3n) is 2.76. The van der Waals surface area contributed by atoms with Crippen LogP contribution in [0.3, 0.4) is 0 Å². The zero-order chi connectivity index (χ0) is 11.5. The van der Waals surface area contributed by atoms with Crippen molar-refractivity contribution in [3.05, 3.63) is 45.5 Å². The minimum absolute atomic E-state index is 0.0829. The van der Waals surface area contributed by atoms with Crippen LogP contribution in [0.4, 0.5) is 0 Å². The fourth-order valence-corrected chi connectivity index (χ4v) is 2.65. The van der Waals surface area contributed by atoms with Crippen molar-refractivity contribution in [1.29, 1.82) is 0 Å². The molecule has 0 aliphatic heterocycles. The topological polar surface area (TPSA) is 39.2 Å². The second-order valence-corrected chi connectivity index (χ2v) is 5.13. The van der Waals surface area contributed by atoms with E-state index < -0.39 is 0 Å². The number of thiophene rings is 1. The molecule has 2 N–H and O–H groups in total. The Morgan fingerprint density at radius 2 is 2.25 bits per heavy atom. The van der Waals surface area contributed by atoms with Gasteiger partial charge < -0.3 is 10.2 Å². The summed E-state index contributed by atoms with van der Waals surface area (Å²) in [5.74, 6) is 1.90. The Balaban J connectivity index is 1.98. The van der Waals surface area contributed by atoms with Gasteiger partial charge in [0, 0.05) is 16.5 Å². The van der Waals surface area contributed by atoms with Crippen LogP contribution in [0.1, 0.15) is 34.4 Å². The van der Waals surface area contributed by atoms with Crippen LogP contribution in [-0.2, 0) is 6.42 Å². The summed E-state index contributed by atoms with van der Waals surface area (Å²) in [7, 11) is 0. The summed E-state index contributed by atoms with van der Waals surface area (Å²) in [4.78, 5) is 1.40. The van der Waals surface area contributed by atoms with Crippen molar-refractivity contribution in [2.45, 2.75) is 32.7 Å². The summed E-state index contributed by atoms with van der Waals surface area (Å²) in [5.41, 5.74) is 7.32. The van der Waals surface area contributed by atoms with Crippen LogP contribution in [-0.4, -0.2) is 0 Å². The Hall–Kier alpha value is -1.06. The molecule has 86 valence electrons. The molecule has 0 aliphatic rings. The van der Waals surface area contributed by atoms with Crippen LogP contribution < -0.4 is 5.73 Å². The first-order valence-corrected chi connectivity index (χ1v) is 6.39. The van der Waals surface area contributed by atoms with E-state index in [1.165, 1.54) is 4.88 Å². The van der Waals surface area contributed by atoms with Crippen molar-refractivity contribution >= 4 is 11.3 Å². The van der Waals surface area contributed by atoms with Gasteiger partial charge in [0.15, 0.2) is 0 Å². The van der Waals surface area contributed by atoms with E-state index in [2.05, 4.69) is 23.6 Å². The van der Waals surface area contributed by atoms with Gasteiger partial charge in [-0.05, 0) is 44.2 Å². The van der Waals surface area contributed by atoms with Gasteiger partial charge in [-0.3, -0.25) is 0 Å². The summed E-state index contributed by atoms with van der Waals surface area (Å²) in [6, 6.07) is 6.37. The summed E-state index contributed by atoms with van der Waals surface area (Å²) < 4.78 is 5.50. The van der Waals surface area contributed by atoms with Gasteiger partial charge in [0.2, 0.25) is 0 Å². The molecule has 2 nitrogen and oxygen atoms in total. The molecule has 2 aromatic heterocycles. The number of aryl methyl sites for hydroxylation is 3. The number of furan rings is 1. The van der Waals surface area contributed by atoms with Gasteiger partial charge in [0.05, 0.1) is 0 Å². The molecule has 0 spiro atoms. The molecule has 0 aromatic carbocycles. The lowest BCUT2D eigenvalue weighted by Crippen LogP contribution is -2.11. The highest BCUT2D eigenvalue weighted by Gasteiger charge is 2.13. The first kappa shape index (κ1) is 11.4. The van der Waals surface area contributed by atoms with Crippen molar-refractivity contribution in [2.24, 2.45) is 5.73 Å². The SMILES string of the molecule is Cc1cc(C(N)CCc2cccs2)c(C)o1. The van der Waals surface area contributed by atoms with E-state index in [0.29, 0.717) is 0 Å². The second-order valence-electron chi connectivity index (χ2n) is 4.09. The molecule has 1 atom stereocenters. The summed E-state index contributed by atoms with van der Waals surface area (Å²) in [6.07, 6.45) is 2.02. The summed E-state index contributed by atoms with van der Waals surface area (Å²) in [5, 5.41) is 2.11. The number of rotatable bonds is 4. The van der Waals surface area contributed by atoms with Crippen molar-refractivity contribution in [2.75, 3.05) is 0 Å². The molecule has 2 aromatic rings. The first-order chi connectivity index (χ1) is 7.66. The predicted octanol–water partition coefficient (Wildman–Crippen LogP) is 3.59. The average Bonchev–Trinajstić information content (AvgIpc) is 2.84. The van der Waals surface area contributed by atoms with Crippen LogP contribution in [0.5, 0.6) is 0 Å².